The Kier molecular flexibility index (Phi) is 3.99. The molecule has 0 saturated heterocycles. The summed E-state index contributed by atoms with van der Waals surface area (Å²) in [6, 6.07) is 4.96. The second kappa shape index (κ2) is 5.69. The lowest BCUT2D eigenvalue weighted by atomic mass is 10.1. The maximum Gasteiger partial charge on any atom is 0.240 e. The molecule has 0 aliphatic heterocycles. The summed E-state index contributed by atoms with van der Waals surface area (Å²) < 4.78 is 12.8. The van der Waals surface area contributed by atoms with E-state index in [4.69, 9.17) is 5.73 Å². The average molecular weight is 265 g/mol. The first-order valence-corrected chi connectivity index (χ1v) is 6.15. The van der Waals surface area contributed by atoms with Crippen molar-refractivity contribution in [3.63, 3.8) is 0 Å². The molecule has 1 aromatic carbocycles. The van der Waals surface area contributed by atoms with Crippen molar-refractivity contribution in [3.8, 4) is 0 Å². The van der Waals surface area contributed by atoms with Crippen molar-refractivity contribution in [1.82, 2.24) is 5.32 Å². The molecule has 2 rings (SSSR count). The summed E-state index contributed by atoms with van der Waals surface area (Å²) in [7, 11) is 0. The molecule has 1 aliphatic carbocycles. The van der Waals surface area contributed by atoms with Gasteiger partial charge in [-0.25, -0.2) is 4.39 Å². The second-order valence-corrected chi connectivity index (χ2v) is 4.65. The van der Waals surface area contributed by atoms with Gasteiger partial charge in [-0.15, -0.1) is 0 Å². The number of carbonyl (C=O) groups is 2. The highest BCUT2D eigenvalue weighted by atomic mass is 19.1. The number of carbonyl (C=O) groups excluding carboxylic acids is 2. The van der Waals surface area contributed by atoms with Crippen molar-refractivity contribution >= 4 is 17.5 Å². The molecule has 1 aliphatic rings. The molecule has 0 spiro atoms. The quantitative estimate of drug-likeness (QED) is 0.710. The van der Waals surface area contributed by atoms with Gasteiger partial charge in [-0.3, -0.25) is 9.59 Å². The van der Waals surface area contributed by atoms with Crippen LogP contribution in [-0.4, -0.2) is 23.9 Å². The standard InChI is InChI=1S/C13H16FN3O2/c14-8-1-3-9(4-2-8)16-11(13(15)19)7-12(18)17-10-5-6-10/h1-4,10-11,16H,5-7H2,(H2,15,19)(H,17,18). The highest BCUT2D eigenvalue weighted by molar-refractivity contribution is 5.89. The molecular formula is C13H16FN3O2. The minimum Gasteiger partial charge on any atom is -0.373 e. The van der Waals surface area contributed by atoms with E-state index in [0.29, 0.717) is 5.69 Å². The number of nitrogens with two attached hydrogens (primary N) is 1. The number of amides is 2. The molecular weight excluding hydrogens is 249 g/mol. The summed E-state index contributed by atoms with van der Waals surface area (Å²) >= 11 is 0. The van der Waals surface area contributed by atoms with E-state index >= 15 is 0 Å². The van der Waals surface area contributed by atoms with Gasteiger partial charge in [0.15, 0.2) is 0 Å². The molecule has 102 valence electrons. The molecule has 1 atom stereocenters. The van der Waals surface area contributed by atoms with Crippen LogP contribution in [-0.2, 0) is 9.59 Å². The molecule has 2 amide bonds. The minimum absolute atomic E-state index is 0.0246. The number of rotatable bonds is 6. The third-order valence-corrected chi connectivity index (χ3v) is 2.86. The van der Waals surface area contributed by atoms with Gasteiger partial charge in [0, 0.05) is 11.7 Å². The van der Waals surface area contributed by atoms with Crippen LogP contribution in [0.25, 0.3) is 0 Å². The number of benzene rings is 1. The van der Waals surface area contributed by atoms with E-state index in [1.165, 1.54) is 24.3 Å². The van der Waals surface area contributed by atoms with E-state index in [0.717, 1.165) is 12.8 Å². The molecule has 4 N–H and O–H groups in total. The van der Waals surface area contributed by atoms with Gasteiger partial charge >= 0.3 is 0 Å². The average Bonchev–Trinajstić information content (AvgIpc) is 3.14. The SMILES string of the molecule is NC(=O)C(CC(=O)NC1CC1)Nc1ccc(F)cc1. The smallest absolute Gasteiger partial charge is 0.240 e. The Labute approximate surface area is 110 Å². The fourth-order valence-electron chi connectivity index (χ4n) is 1.67. The number of halogens is 1. The highest BCUT2D eigenvalue weighted by Gasteiger charge is 2.26. The summed E-state index contributed by atoms with van der Waals surface area (Å²) in [5.41, 5.74) is 5.80. The van der Waals surface area contributed by atoms with Gasteiger partial charge in [-0.1, -0.05) is 0 Å². The van der Waals surface area contributed by atoms with Gasteiger partial charge in [-0.05, 0) is 37.1 Å². The lowest BCUT2D eigenvalue weighted by Gasteiger charge is -2.16. The number of nitrogens with one attached hydrogen (secondary N) is 2. The van der Waals surface area contributed by atoms with Crippen molar-refractivity contribution in [2.24, 2.45) is 5.73 Å². The Balaban J connectivity index is 1.93. The molecule has 0 heterocycles. The zero-order chi connectivity index (χ0) is 13.8. The first-order valence-electron chi connectivity index (χ1n) is 6.15. The van der Waals surface area contributed by atoms with Crippen LogP contribution >= 0.6 is 0 Å². The van der Waals surface area contributed by atoms with Crippen LogP contribution < -0.4 is 16.4 Å². The first kappa shape index (κ1) is 13.3. The summed E-state index contributed by atoms with van der Waals surface area (Å²) in [6.45, 7) is 0. The van der Waals surface area contributed by atoms with Gasteiger partial charge in [0.2, 0.25) is 11.8 Å². The van der Waals surface area contributed by atoms with Gasteiger partial charge in [0.25, 0.3) is 0 Å². The molecule has 5 nitrogen and oxygen atoms in total. The van der Waals surface area contributed by atoms with E-state index in [1.54, 1.807) is 0 Å². The molecule has 0 bridgehead atoms. The lowest BCUT2D eigenvalue weighted by Crippen LogP contribution is -2.40. The van der Waals surface area contributed by atoms with Crippen LogP contribution in [0.3, 0.4) is 0 Å². The molecule has 0 radical (unpaired) electrons. The summed E-state index contributed by atoms with van der Waals surface area (Å²) in [4.78, 5) is 22.9. The zero-order valence-corrected chi connectivity index (χ0v) is 10.4. The number of hydrogen-bond acceptors (Lipinski definition) is 3. The van der Waals surface area contributed by atoms with Crippen molar-refractivity contribution in [2.45, 2.75) is 31.3 Å². The normalized spacial score (nSPS) is 15.6. The largest absolute Gasteiger partial charge is 0.373 e. The van der Waals surface area contributed by atoms with E-state index in [1.807, 2.05) is 0 Å². The van der Waals surface area contributed by atoms with Gasteiger partial charge in [-0.2, -0.15) is 0 Å². The van der Waals surface area contributed by atoms with Crippen LogP contribution in [0.5, 0.6) is 0 Å². The van der Waals surface area contributed by atoms with Crippen LogP contribution in [0.2, 0.25) is 0 Å². The van der Waals surface area contributed by atoms with Crippen LogP contribution in [0, 0.1) is 5.82 Å². The summed E-state index contributed by atoms with van der Waals surface area (Å²) in [5.74, 6) is -1.19. The topological polar surface area (TPSA) is 84.2 Å². The van der Waals surface area contributed by atoms with Crippen molar-refractivity contribution in [2.75, 3.05) is 5.32 Å². The predicted octanol–water partition coefficient (Wildman–Crippen LogP) is 0.760. The first-order chi connectivity index (χ1) is 9.04. The minimum atomic E-state index is -0.802. The monoisotopic (exact) mass is 265 g/mol. The van der Waals surface area contributed by atoms with Crippen molar-refractivity contribution in [3.05, 3.63) is 30.1 Å². The Hall–Kier alpha value is -2.11. The fourth-order valence-corrected chi connectivity index (χ4v) is 1.67. The van der Waals surface area contributed by atoms with Gasteiger partial charge in [0.05, 0.1) is 6.42 Å². The Morgan fingerprint density at radius 3 is 2.47 bits per heavy atom. The van der Waals surface area contributed by atoms with E-state index < -0.39 is 11.9 Å². The van der Waals surface area contributed by atoms with E-state index in [2.05, 4.69) is 10.6 Å². The number of primary amides is 1. The molecule has 1 saturated carbocycles. The third kappa shape index (κ3) is 4.24. The lowest BCUT2D eigenvalue weighted by molar-refractivity contribution is -0.125. The van der Waals surface area contributed by atoms with Crippen LogP contribution in [0.15, 0.2) is 24.3 Å². The van der Waals surface area contributed by atoms with Gasteiger partial charge < -0.3 is 16.4 Å². The van der Waals surface area contributed by atoms with Gasteiger partial charge in [0.1, 0.15) is 11.9 Å². The molecule has 1 aromatic rings. The second-order valence-electron chi connectivity index (χ2n) is 4.65. The van der Waals surface area contributed by atoms with Crippen molar-refractivity contribution < 1.29 is 14.0 Å². The molecule has 0 aromatic heterocycles. The van der Waals surface area contributed by atoms with Crippen LogP contribution in [0.4, 0.5) is 10.1 Å². The number of anilines is 1. The molecule has 1 fully saturated rings. The highest BCUT2D eigenvalue weighted by Crippen LogP contribution is 2.19. The third-order valence-electron chi connectivity index (χ3n) is 2.86. The van der Waals surface area contributed by atoms with E-state index in [-0.39, 0.29) is 24.2 Å². The summed E-state index contributed by atoms with van der Waals surface area (Å²) in [5, 5.41) is 5.62. The summed E-state index contributed by atoms with van der Waals surface area (Å²) in [6.07, 6.45) is 1.94. The Morgan fingerprint density at radius 1 is 1.32 bits per heavy atom. The predicted molar refractivity (Wildman–Crippen MR) is 68.8 cm³/mol. The Bertz CT molecular complexity index is 471. The molecule has 6 heteroatoms. The maximum atomic E-state index is 12.8. The van der Waals surface area contributed by atoms with E-state index in [9.17, 15) is 14.0 Å². The molecule has 1 unspecified atom stereocenters. The zero-order valence-electron chi connectivity index (χ0n) is 10.4. The Morgan fingerprint density at radius 2 is 1.95 bits per heavy atom. The number of hydrogen-bond donors (Lipinski definition) is 3. The molecule has 19 heavy (non-hydrogen) atoms. The van der Waals surface area contributed by atoms with Crippen LogP contribution in [0.1, 0.15) is 19.3 Å². The fraction of sp³-hybridized carbons (Fsp3) is 0.385. The maximum absolute atomic E-state index is 12.8. The van der Waals surface area contributed by atoms with Crippen molar-refractivity contribution in [1.29, 1.82) is 0 Å².